The number of benzene rings is 2. The molecular formula is C26H29N3O5S2. The van der Waals surface area contributed by atoms with Crippen LogP contribution in [0.2, 0.25) is 0 Å². The third-order valence-electron chi connectivity index (χ3n) is 6.14. The van der Waals surface area contributed by atoms with Gasteiger partial charge in [-0.3, -0.25) is 4.79 Å². The van der Waals surface area contributed by atoms with Crippen molar-refractivity contribution >= 4 is 38.8 Å². The highest BCUT2D eigenvalue weighted by molar-refractivity contribution is 7.98. The van der Waals surface area contributed by atoms with E-state index in [1.807, 2.05) is 54.8 Å². The number of carboxylic acid groups (broad SMARTS) is 1. The smallest absolute Gasteiger partial charge is 0.310 e. The monoisotopic (exact) mass is 527 g/mol. The molecule has 2 heterocycles. The first-order valence-electron chi connectivity index (χ1n) is 11.7. The second-order valence-corrected chi connectivity index (χ2v) is 11.3. The second-order valence-electron chi connectivity index (χ2n) is 8.39. The molecule has 0 unspecified atom stereocenters. The minimum Gasteiger partial charge on any atom is -0.481 e. The summed E-state index contributed by atoms with van der Waals surface area (Å²) in [7, 11) is -3.60. The number of aliphatic carboxylic acids is 1. The Kier molecular flexibility index (Phi) is 7.87. The van der Waals surface area contributed by atoms with Crippen LogP contribution in [0.15, 0.2) is 75.3 Å². The molecule has 2 aromatic carbocycles. The Bertz CT molecular complexity index is 1440. The molecule has 0 bridgehead atoms. The van der Waals surface area contributed by atoms with Gasteiger partial charge in [0.1, 0.15) is 5.76 Å². The van der Waals surface area contributed by atoms with Crippen LogP contribution < -0.4 is 0 Å². The molecule has 0 aliphatic carbocycles. The lowest BCUT2D eigenvalue weighted by Gasteiger charge is -2.18. The molecule has 36 heavy (non-hydrogen) atoms. The number of imidazole rings is 1. The number of hydrogen-bond donors (Lipinski definition) is 1. The van der Waals surface area contributed by atoms with Gasteiger partial charge in [0.15, 0.2) is 5.16 Å². The third-order valence-corrected chi connectivity index (χ3v) is 9.23. The van der Waals surface area contributed by atoms with Gasteiger partial charge >= 0.3 is 5.97 Å². The maximum absolute atomic E-state index is 13.0. The number of sulfonamides is 1. The van der Waals surface area contributed by atoms with Gasteiger partial charge in [-0.1, -0.05) is 49.9 Å². The molecule has 8 nitrogen and oxygen atoms in total. The van der Waals surface area contributed by atoms with Crippen molar-refractivity contribution in [2.24, 2.45) is 0 Å². The third kappa shape index (κ3) is 5.35. The van der Waals surface area contributed by atoms with Gasteiger partial charge < -0.3 is 14.1 Å². The first-order valence-corrected chi connectivity index (χ1v) is 14.1. The lowest BCUT2D eigenvalue weighted by Crippen LogP contribution is -2.30. The van der Waals surface area contributed by atoms with Gasteiger partial charge in [-0.2, -0.15) is 4.31 Å². The van der Waals surface area contributed by atoms with Crippen molar-refractivity contribution in [3.63, 3.8) is 0 Å². The van der Waals surface area contributed by atoms with Crippen molar-refractivity contribution in [2.75, 3.05) is 13.1 Å². The van der Waals surface area contributed by atoms with Crippen molar-refractivity contribution in [1.29, 1.82) is 0 Å². The van der Waals surface area contributed by atoms with Gasteiger partial charge in [0.2, 0.25) is 10.0 Å². The number of furan rings is 1. The zero-order valence-corrected chi connectivity index (χ0v) is 22.1. The number of hydrogen-bond acceptors (Lipinski definition) is 6. The largest absolute Gasteiger partial charge is 0.481 e. The molecule has 0 aliphatic heterocycles. The van der Waals surface area contributed by atoms with E-state index in [0.29, 0.717) is 30.9 Å². The number of carbonyl (C=O) groups is 1. The van der Waals surface area contributed by atoms with E-state index in [9.17, 15) is 18.3 Å². The zero-order valence-electron chi connectivity index (χ0n) is 20.4. The quantitative estimate of drug-likeness (QED) is 0.268. The van der Waals surface area contributed by atoms with Crippen LogP contribution in [-0.4, -0.2) is 46.4 Å². The Morgan fingerprint density at radius 3 is 2.47 bits per heavy atom. The van der Waals surface area contributed by atoms with Crippen molar-refractivity contribution in [2.45, 2.75) is 49.0 Å². The van der Waals surface area contributed by atoms with Gasteiger partial charge in [0, 0.05) is 18.8 Å². The van der Waals surface area contributed by atoms with Gasteiger partial charge in [0.25, 0.3) is 0 Å². The summed E-state index contributed by atoms with van der Waals surface area (Å²) in [5.41, 5.74) is 3.20. The first kappa shape index (κ1) is 26.0. The van der Waals surface area contributed by atoms with Crippen LogP contribution in [0.3, 0.4) is 0 Å². The fourth-order valence-corrected chi connectivity index (χ4v) is 6.42. The van der Waals surface area contributed by atoms with Crippen LogP contribution in [-0.2, 0) is 27.1 Å². The molecule has 0 saturated carbocycles. The highest BCUT2D eigenvalue weighted by Gasteiger charge is 2.23. The number of nitrogens with zero attached hydrogens (tertiary/aromatic N) is 3. The summed E-state index contributed by atoms with van der Waals surface area (Å²) in [5, 5.41) is 9.96. The Hall–Kier alpha value is -3.08. The highest BCUT2D eigenvalue weighted by Crippen LogP contribution is 2.30. The summed E-state index contributed by atoms with van der Waals surface area (Å²) in [6.07, 6.45) is 1.62. The SMILES string of the molecule is CCN(CC)S(=O)(=O)c1ccc2c(c1)nc(SCc1ccc([C@H](C)C(=O)O)cc1)n2Cc1ccco1. The fourth-order valence-electron chi connectivity index (χ4n) is 3.97. The molecule has 0 aliphatic rings. The van der Waals surface area contributed by atoms with Crippen LogP contribution >= 0.6 is 11.8 Å². The standard InChI is InChI=1S/C26H29N3O5S2/c1-4-28(5-2)36(32,33)22-12-13-24-23(15-22)27-26(29(24)16-21-7-6-14-34-21)35-17-19-8-10-20(11-9-19)18(3)25(30)31/h6-15,18H,4-5,16-17H2,1-3H3,(H,30,31)/t18-/m0/s1. The second kappa shape index (κ2) is 10.9. The number of rotatable bonds is 11. The van der Waals surface area contributed by atoms with Crippen LogP contribution in [0.5, 0.6) is 0 Å². The number of aromatic nitrogens is 2. The van der Waals surface area contributed by atoms with Crippen molar-refractivity contribution < 1.29 is 22.7 Å². The van der Waals surface area contributed by atoms with E-state index in [4.69, 9.17) is 9.40 Å². The summed E-state index contributed by atoms with van der Waals surface area (Å²) < 4.78 is 35.1. The fraction of sp³-hybridized carbons (Fsp3) is 0.308. The van der Waals surface area contributed by atoms with Gasteiger partial charge in [-0.15, -0.1) is 0 Å². The van der Waals surface area contributed by atoms with E-state index in [1.165, 1.54) is 16.1 Å². The number of thioether (sulfide) groups is 1. The maximum Gasteiger partial charge on any atom is 0.310 e. The zero-order chi connectivity index (χ0) is 25.9. The summed E-state index contributed by atoms with van der Waals surface area (Å²) in [4.78, 5) is 16.3. The molecule has 0 fully saturated rings. The minimum atomic E-state index is -3.60. The molecule has 0 radical (unpaired) electrons. The van der Waals surface area contributed by atoms with Gasteiger partial charge in [-0.25, -0.2) is 13.4 Å². The van der Waals surface area contributed by atoms with Crippen molar-refractivity contribution in [1.82, 2.24) is 13.9 Å². The molecule has 0 saturated heterocycles. The Labute approximate surface area is 215 Å². The van der Waals surface area contributed by atoms with E-state index < -0.39 is 21.9 Å². The molecule has 2 aromatic heterocycles. The van der Waals surface area contributed by atoms with E-state index in [-0.39, 0.29) is 4.90 Å². The van der Waals surface area contributed by atoms with Crippen LogP contribution in [0.1, 0.15) is 43.6 Å². The first-order chi connectivity index (χ1) is 17.2. The van der Waals surface area contributed by atoms with E-state index in [0.717, 1.165) is 27.6 Å². The Morgan fingerprint density at radius 2 is 1.86 bits per heavy atom. The van der Waals surface area contributed by atoms with E-state index in [2.05, 4.69) is 0 Å². The molecule has 1 N–H and O–H groups in total. The lowest BCUT2D eigenvalue weighted by molar-refractivity contribution is -0.138. The van der Waals surface area contributed by atoms with E-state index >= 15 is 0 Å². The molecule has 1 atom stereocenters. The van der Waals surface area contributed by atoms with Gasteiger partial charge in [-0.05, 0) is 48.4 Å². The molecule has 0 spiro atoms. The average molecular weight is 528 g/mol. The highest BCUT2D eigenvalue weighted by atomic mass is 32.2. The summed E-state index contributed by atoms with van der Waals surface area (Å²) in [6, 6.07) is 16.3. The summed E-state index contributed by atoms with van der Waals surface area (Å²) in [6.45, 7) is 6.56. The molecular weight excluding hydrogens is 498 g/mol. The number of carboxylic acids is 1. The topological polar surface area (TPSA) is 106 Å². The Balaban J connectivity index is 1.66. The molecule has 190 valence electrons. The molecule has 0 amide bonds. The average Bonchev–Trinajstić information content (AvgIpc) is 3.51. The van der Waals surface area contributed by atoms with Gasteiger partial charge in [0.05, 0.1) is 34.7 Å². The van der Waals surface area contributed by atoms with Crippen molar-refractivity contribution in [3.05, 3.63) is 77.7 Å². The lowest BCUT2D eigenvalue weighted by atomic mass is 10.0. The predicted molar refractivity (Wildman–Crippen MR) is 140 cm³/mol. The van der Waals surface area contributed by atoms with Crippen LogP contribution in [0, 0.1) is 0 Å². The van der Waals surface area contributed by atoms with Crippen molar-refractivity contribution in [3.8, 4) is 0 Å². The molecule has 4 rings (SSSR count). The summed E-state index contributed by atoms with van der Waals surface area (Å²) in [5.74, 6) is -0.0338. The maximum atomic E-state index is 13.0. The molecule has 10 heteroatoms. The predicted octanol–water partition coefficient (Wildman–Crippen LogP) is 5.19. The molecule has 4 aromatic rings. The van der Waals surface area contributed by atoms with Crippen LogP contribution in [0.25, 0.3) is 11.0 Å². The van der Waals surface area contributed by atoms with E-state index in [1.54, 1.807) is 31.4 Å². The summed E-state index contributed by atoms with van der Waals surface area (Å²) >= 11 is 1.53. The Morgan fingerprint density at radius 1 is 1.14 bits per heavy atom. The van der Waals surface area contributed by atoms with Crippen LogP contribution in [0.4, 0.5) is 0 Å². The number of fused-ring (bicyclic) bond motifs is 1. The normalized spacial score (nSPS) is 12.9. The minimum absolute atomic E-state index is 0.223.